The Labute approximate surface area is 118 Å². The van der Waals surface area contributed by atoms with Crippen molar-refractivity contribution in [3.05, 3.63) is 35.9 Å². The first-order valence-electron chi connectivity index (χ1n) is 6.78. The van der Waals surface area contributed by atoms with E-state index in [0.29, 0.717) is 0 Å². The van der Waals surface area contributed by atoms with Crippen LogP contribution >= 0.6 is 0 Å². The fraction of sp³-hybridized carbons (Fsp3) is 0.467. The summed E-state index contributed by atoms with van der Waals surface area (Å²) >= 11 is 0. The van der Waals surface area contributed by atoms with Crippen molar-refractivity contribution >= 4 is 11.9 Å². The zero-order valence-electron chi connectivity index (χ0n) is 11.8. The number of benzene rings is 1. The van der Waals surface area contributed by atoms with Crippen LogP contribution in [-0.4, -0.2) is 35.5 Å². The summed E-state index contributed by atoms with van der Waals surface area (Å²) in [6, 6.07) is 9.58. The second-order valence-electron chi connectivity index (χ2n) is 5.16. The van der Waals surface area contributed by atoms with Crippen LogP contribution in [0, 0.1) is 0 Å². The second kappa shape index (κ2) is 5.63. The van der Waals surface area contributed by atoms with Gasteiger partial charge in [-0.3, -0.25) is 4.79 Å². The first-order valence-corrected chi connectivity index (χ1v) is 6.78. The van der Waals surface area contributed by atoms with Crippen molar-refractivity contribution < 1.29 is 14.3 Å². The maximum Gasteiger partial charge on any atom is 0.328 e. The molecular formula is C15H20N2O3. The Morgan fingerprint density at radius 2 is 2.10 bits per heavy atom. The molecule has 0 aromatic heterocycles. The monoisotopic (exact) mass is 276 g/mol. The lowest BCUT2D eigenvalue weighted by Gasteiger charge is -2.27. The Morgan fingerprint density at radius 1 is 1.45 bits per heavy atom. The van der Waals surface area contributed by atoms with Crippen molar-refractivity contribution in [1.82, 2.24) is 4.90 Å². The van der Waals surface area contributed by atoms with Gasteiger partial charge in [-0.05, 0) is 19.4 Å². The van der Waals surface area contributed by atoms with E-state index >= 15 is 0 Å². The van der Waals surface area contributed by atoms with Crippen LogP contribution in [0.4, 0.5) is 0 Å². The van der Waals surface area contributed by atoms with Gasteiger partial charge in [-0.25, -0.2) is 4.79 Å². The smallest absolute Gasteiger partial charge is 0.328 e. The van der Waals surface area contributed by atoms with E-state index in [9.17, 15) is 9.59 Å². The number of carbonyl (C=O) groups is 2. The highest BCUT2D eigenvalue weighted by Crippen LogP contribution is 2.30. The maximum atomic E-state index is 12.2. The van der Waals surface area contributed by atoms with Gasteiger partial charge in [0.25, 0.3) is 0 Å². The van der Waals surface area contributed by atoms with E-state index in [4.69, 9.17) is 10.5 Å². The third-order valence-electron chi connectivity index (χ3n) is 3.67. The number of ether oxygens (including phenoxy) is 1. The maximum absolute atomic E-state index is 12.2. The largest absolute Gasteiger partial charge is 0.465 e. The molecule has 5 heteroatoms. The topological polar surface area (TPSA) is 72.6 Å². The summed E-state index contributed by atoms with van der Waals surface area (Å²) < 4.78 is 4.97. The fourth-order valence-corrected chi connectivity index (χ4v) is 2.50. The average molecular weight is 276 g/mol. The zero-order chi connectivity index (χ0) is 14.8. The third kappa shape index (κ3) is 2.67. The van der Waals surface area contributed by atoms with Crippen LogP contribution in [-0.2, 0) is 14.3 Å². The van der Waals surface area contributed by atoms with Crippen LogP contribution in [0.3, 0.4) is 0 Å². The molecule has 0 saturated carbocycles. The van der Waals surface area contributed by atoms with Gasteiger partial charge in [0.2, 0.25) is 5.91 Å². The molecule has 1 aliphatic rings. The van der Waals surface area contributed by atoms with Crippen molar-refractivity contribution in [2.75, 3.05) is 13.2 Å². The van der Waals surface area contributed by atoms with Gasteiger partial charge in [0, 0.05) is 0 Å². The van der Waals surface area contributed by atoms with Gasteiger partial charge < -0.3 is 15.4 Å². The minimum absolute atomic E-state index is 0.00298. The molecule has 1 aromatic rings. The normalized spacial score (nSPS) is 23.8. The van der Waals surface area contributed by atoms with E-state index < -0.39 is 11.5 Å². The Bertz CT molecular complexity index is 503. The lowest BCUT2D eigenvalue weighted by Crippen LogP contribution is -2.51. The van der Waals surface area contributed by atoms with Crippen molar-refractivity contribution in [3.8, 4) is 0 Å². The van der Waals surface area contributed by atoms with Crippen LogP contribution in [0.5, 0.6) is 0 Å². The van der Waals surface area contributed by atoms with E-state index in [1.807, 2.05) is 37.3 Å². The molecule has 1 aromatic carbocycles. The molecule has 0 unspecified atom stereocenters. The minimum atomic E-state index is -1.23. The predicted molar refractivity (Wildman–Crippen MR) is 74.7 cm³/mol. The molecule has 0 aliphatic carbocycles. The highest BCUT2D eigenvalue weighted by molar-refractivity contribution is 5.93. The highest BCUT2D eigenvalue weighted by Gasteiger charge is 2.48. The molecule has 2 atom stereocenters. The van der Waals surface area contributed by atoms with Gasteiger partial charge in [-0.2, -0.15) is 0 Å². The van der Waals surface area contributed by atoms with Crippen LogP contribution in [0.2, 0.25) is 0 Å². The molecule has 0 spiro atoms. The van der Waals surface area contributed by atoms with E-state index in [1.165, 1.54) is 0 Å². The summed E-state index contributed by atoms with van der Waals surface area (Å²) in [7, 11) is 0. The molecule has 1 saturated heterocycles. The van der Waals surface area contributed by atoms with Crippen molar-refractivity contribution in [3.63, 3.8) is 0 Å². The standard InChI is InChI=1S/C15H20N2O3/c1-3-20-14(19)15(16)9-13(18)17(10-15)11(2)12-7-5-4-6-8-12/h4-8,11H,3,9-10,16H2,1-2H3/t11-,15+/m1/s1. The van der Waals surface area contributed by atoms with E-state index in [0.717, 1.165) is 5.56 Å². The molecule has 0 radical (unpaired) electrons. The van der Waals surface area contributed by atoms with Crippen molar-refractivity contribution in [2.45, 2.75) is 31.8 Å². The van der Waals surface area contributed by atoms with Crippen LogP contribution < -0.4 is 5.73 Å². The van der Waals surface area contributed by atoms with Crippen molar-refractivity contribution in [1.29, 1.82) is 0 Å². The second-order valence-corrected chi connectivity index (χ2v) is 5.16. The molecule has 0 bridgehead atoms. The molecular weight excluding hydrogens is 256 g/mol. The zero-order valence-corrected chi connectivity index (χ0v) is 11.8. The molecule has 1 aliphatic heterocycles. The van der Waals surface area contributed by atoms with Gasteiger partial charge in [-0.1, -0.05) is 30.3 Å². The van der Waals surface area contributed by atoms with Crippen LogP contribution in [0.25, 0.3) is 0 Å². The lowest BCUT2D eigenvalue weighted by atomic mass is 10.0. The Balaban J connectivity index is 2.15. The molecule has 1 heterocycles. The summed E-state index contributed by atoms with van der Waals surface area (Å²) in [6.45, 7) is 4.12. The molecule has 1 fully saturated rings. The first-order chi connectivity index (χ1) is 9.48. The average Bonchev–Trinajstić information content (AvgIpc) is 2.76. The summed E-state index contributed by atoms with van der Waals surface area (Å²) in [4.78, 5) is 25.7. The van der Waals surface area contributed by atoms with Gasteiger partial charge in [0.1, 0.15) is 5.54 Å². The molecule has 108 valence electrons. The van der Waals surface area contributed by atoms with Gasteiger partial charge in [0.05, 0.1) is 25.6 Å². The number of hydrogen-bond donors (Lipinski definition) is 1. The SMILES string of the molecule is CCOC(=O)[C@]1(N)CC(=O)N([C@H](C)c2ccccc2)C1. The molecule has 5 nitrogen and oxygen atoms in total. The first kappa shape index (κ1) is 14.5. The minimum Gasteiger partial charge on any atom is -0.465 e. The number of amides is 1. The number of nitrogens with zero attached hydrogens (tertiary/aromatic N) is 1. The van der Waals surface area contributed by atoms with Crippen LogP contribution in [0.1, 0.15) is 31.9 Å². The lowest BCUT2D eigenvalue weighted by molar-refractivity contribution is -0.149. The quantitative estimate of drug-likeness (QED) is 0.840. The number of nitrogens with two attached hydrogens (primary N) is 1. The van der Waals surface area contributed by atoms with E-state index in [1.54, 1.807) is 11.8 Å². The van der Waals surface area contributed by atoms with E-state index in [-0.39, 0.29) is 31.5 Å². The van der Waals surface area contributed by atoms with Crippen molar-refractivity contribution in [2.24, 2.45) is 5.73 Å². The number of carbonyl (C=O) groups excluding carboxylic acids is 2. The summed E-state index contributed by atoms with van der Waals surface area (Å²) in [5.74, 6) is -0.618. The van der Waals surface area contributed by atoms with Gasteiger partial charge in [0.15, 0.2) is 0 Å². The number of likely N-dealkylation sites (tertiary alicyclic amines) is 1. The number of esters is 1. The molecule has 20 heavy (non-hydrogen) atoms. The van der Waals surface area contributed by atoms with Gasteiger partial charge in [-0.15, -0.1) is 0 Å². The summed E-state index contributed by atoms with van der Waals surface area (Å²) in [5.41, 5.74) is 5.84. The van der Waals surface area contributed by atoms with Crippen LogP contribution in [0.15, 0.2) is 30.3 Å². The highest BCUT2D eigenvalue weighted by atomic mass is 16.5. The van der Waals surface area contributed by atoms with Gasteiger partial charge >= 0.3 is 5.97 Å². The Kier molecular flexibility index (Phi) is 4.09. The third-order valence-corrected chi connectivity index (χ3v) is 3.67. The molecule has 2 rings (SSSR count). The number of hydrogen-bond acceptors (Lipinski definition) is 4. The molecule has 1 amide bonds. The predicted octanol–water partition coefficient (Wildman–Crippen LogP) is 1.24. The summed E-state index contributed by atoms with van der Waals surface area (Å²) in [5, 5.41) is 0. The Morgan fingerprint density at radius 3 is 2.70 bits per heavy atom. The molecule has 2 N–H and O–H groups in total. The fourth-order valence-electron chi connectivity index (χ4n) is 2.50. The number of rotatable bonds is 4. The summed E-state index contributed by atoms with van der Waals surface area (Å²) in [6.07, 6.45) is 0.00298. The Hall–Kier alpha value is -1.88. The van der Waals surface area contributed by atoms with E-state index in [2.05, 4.69) is 0 Å².